The second-order valence-electron chi connectivity index (χ2n) is 5.55. The molecule has 1 aromatic carbocycles. The molecular weight excluding hydrogens is 286 g/mol. The first kappa shape index (κ1) is 14.1. The van der Waals surface area contributed by atoms with Gasteiger partial charge in [-0.25, -0.2) is 9.97 Å². The standard InChI is InChI=1S/C16H18ClN3O/c1-9(2)15-19-14(17)10(3)16(20-15)18-12-8-21-13-7-5-4-6-11(12)13/h4-7,9,12H,8H2,1-3H3,(H,18,19,20). The Kier molecular flexibility index (Phi) is 3.72. The minimum atomic E-state index is 0.0888. The predicted molar refractivity (Wildman–Crippen MR) is 84.2 cm³/mol. The SMILES string of the molecule is Cc1c(Cl)nc(C(C)C)nc1NC1COc2ccccc21. The smallest absolute Gasteiger partial charge is 0.137 e. The van der Waals surface area contributed by atoms with Crippen molar-refractivity contribution in [1.82, 2.24) is 9.97 Å². The Morgan fingerprint density at radius 2 is 2.05 bits per heavy atom. The van der Waals surface area contributed by atoms with Gasteiger partial charge in [0.2, 0.25) is 0 Å². The van der Waals surface area contributed by atoms with Crippen LogP contribution in [0.5, 0.6) is 5.75 Å². The number of hydrogen-bond acceptors (Lipinski definition) is 4. The molecular formula is C16H18ClN3O. The molecule has 2 aromatic rings. The summed E-state index contributed by atoms with van der Waals surface area (Å²) >= 11 is 6.23. The van der Waals surface area contributed by atoms with E-state index in [-0.39, 0.29) is 12.0 Å². The normalized spacial score (nSPS) is 16.7. The van der Waals surface area contributed by atoms with E-state index in [0.29, 0.717) is 11.8 Å². The quantitative estimate of drug-likeness (QED) is 0.867. The Bertz CT molecular complexity index is 673. The largest absolute Gasteiger partial charge is 0.491 e. The minimum absolute atomic E-state index is 0.0888. The molecule has 3 rings (SSSR count). The van der Waals surface area contributed by atoms with Gasteiger partial charge in [0.1, 0.15) is 29.2 Å². The molecule has 1 unspecified atom stereocenters. The van der Waals surface area contributed by atoms with Crippen molar-refractivity contribution in [3.63, 3.8) is 0 Å². The van der Waals surface area contributed by atoms with Crippen LogP contribution in [0.2, 0.25) is 5.15 Å². The fourth-order valence-electron chi connectivity index (χ4n) is 2.35. The Morgan fingerprint density at radius 3 is 2.81 bits per heavy atom. The van der Waals surface area contributed by atoms with Crippen LogP contribution in [-0.2, 0) is 0 Å². The summed E-state index contributed by atoms with van der Waals surface area (Å²) in [6.07, 6.45) is 0. The van der Waals surface area contributed by atoms with Gasteiger partial charge in [-0.05, 0) is 13.0 Å². The fraction of sp³-hybridized carbons (Fsp3) is 0.375. The van der Waals surface area contributed by atoms with E-state index in [4.69, 9.17) is 16.3 Å². The van der Waals surface area contributed by atoms with Crippen molar-refractivity contribution >= 4 is 17.4 Å². The molecule has 0 saturated heterocycles. The number of aromatic nitrogens is 2. The van der Waals surface area contributed by atoms with Gasteiger partial charge in [-0.15, -0.1) is 0 Å². The van der Waals surface area contributed by atoms with Gasteiger partial charge in [0.25, 0.3) is 0 Å². The fourth-order valence-corrected chi connectivity index (χ4v) is 2.53. The molecule has 2 heterocycles. The number of fused-ring (bicyclic) bond motifs is 1. The monoisotopic (exact) mass is 303 g/mol. The van der Waals surface area contributed by atoms with Crippen LogP contribution in [0.15, 0.2) is 24.3 Å². The van der Waals surface area contributed by atoms with E-state index in [1.54, 1.807) is 0 Å². The first-order valence-electron chi connectivity index (χ1n) is 7.08. The molecule has 0 saturated carbocycles. The lowest BCUT2D eigenvalue weighted by Crippen LogP contribution is -2.15. The Morgan fingerprint density at radius 1 is 1.29 bits per heavy atom. The molecule has 21 heavy (non-hydrogen) atoms. The molecule has 1 aromatic heterocycles. The Balaban J connectivity index is 1.92. The highest BCUT2D eigenvalue weighted by atomic mass is 35.5. The van der Waals surface area contributed by atoms with Gasteiger partial charge in [-0.1, -0.05) is 43.6 Å². The van der Waals surface area contributed by atoms with Gasteiger partial charge < -0.3 is 10.1 Å². The maximum atomic E-state index is 6.23. The van der Waals surface area contributed by atoms with Crippen LogP contribution in [-0.4, -0.2) is 16.6 Å². The highest BCUT2D eigenvalue weighted by Crippen LogP contribution is 2.35. The number of nitrogens with one attached hydrogen (secondary N) is 1. The highest BCUT2D eigenvalue weighted by molar-refractivity contribution is 6.30. The zero-order chi connectivity index (χ0) is 15.0. The molecule has 0 radical (unpaired) electrons. The second-order valence-corrected chi connectivity index (χ2v) is 5.90. The molecule has 0 bridgehead atoms. The van der Waals surface area contributed by atoms with Crippen molar-refractivity contribution in [2.75, 3.05) is 11.9 Å². The average molecular weight is 304 g/mol. The van der Waals surface area contributed by atoms with E-state index >= 15 is 0 Å². The summed E-state index contributed by atoms with van der Waals surface area (Å²) in [6, 6.07) is 8.13. The summed E-state index contributed by atoms with van der Waals surface area (Å²) in [4.78, 5) is 8.94. The number of para-hydroxylation sites is 1. The molecule has 1 N–H and O–H groups in total. The van der Waals surface area contributed by atoms with Crippen molar-refractivity contribution in [3.05, 3.63) is 46.4 Å². The number of hydrogen-bond donors (Lipinski definition) is 1. The van der Waals surface area contributed by atoms with Gasteiger partial charge in [0.05, 0.1) is 6.04 Å². The average Bonchev–Trinajstić information content (AvgIpc) is 2.87. The molecule has 0 spiro atoms. The van der Waals surface area contributed by atoms with E-state index < -0.39 is 0 Å². The second kappa shape index (κ2) is 5.53. The Hall–Kier alpha value is -1.81. The summed E-state index contributed by atoms with van der Waals surface area (Å²) in [5, 5.41) is 3.94. The van der Waals surface area contributed by atoms with Crippen LogP contribution in [0.4, 0.5) is 5.82 Å². The van der Waals surface area contributed by atoms with Crippen molar-refractivity contribution < 1.29 is 4.74 Å². The molecule has 0 amide bonds. The van der Waals surface area contributed by atoms with Crippen molar-refractivity contribution in [3.8, 4) is 5.75 Å². The number of nitrogens with zero attached hydrogens (tertiary/aromatic N) is 2. The van der Waals surface area contributed by atoms with Gasteiger partial charge >= 0.3 is 0 Å². The first-order valence-corrected chi connectivity index (χ1v) is 7.46. The zero-order valence-corrected chi connectivity index (χ0v) is 13.1. The van der Waals surface area contributed by atoms with Crippen LogP contribution in [0, 0.1) is 6.92 Å². The third-order valence-corrected chi connectivity index (χ3v) is 4.00. The zero-order valence-electron chi connectivity index (χ0n) is 12.4. The number of anilines is 1. The molecule has 1 atom stereocenters. The maximum absolute atomic E-state index is 6.23. The summed E-state index contributed by atoms with van der Waals surface area (Å²) in [5.41, 5.74) is 2.02. The van der Waals surface area contributed by atoms with E-state index in [1.165, 1.54) is 0 Å². The molecule has 1 aliphatic rings. The summed E-state index contributed by atoms with van der Waals surface area (Å²) in [5.74, 6) is 2.69. The number of benzene rings is 1. The van der Waals surface area contributed by atoms with E-state index in [2.05, 4.69) is 35.2 Å². The van der Waals surface area contributed by atoms with Crippen LogP contribution in [0.3, 0.4) is 0 Å². The molecule has 1 aliphatic heterocycles. The van der Waals surface area contributed by atoms with Crippen LogP contribution in [0.25, 0.3) is 0 Å². The third kappa shape index (κ3) is 2.68. The van der Waals surface area contributed by atoms with Gasteiger partial charge in [-0.3, -0.25) is 0 Å². The Labute approximate surface area is 129 Å². The van der Waals surface area contributed by atoms with Crippen LogP contribution < -0.4 is 10.1 Å². The summed E-state index contributed by atoms with van der Waals surface area (Å²) in [7, 11) is 0. The molecule has 4 nitrogen and oxygen atoms in total. The van der Waals surface area contributed by atoms with E-state index in [1.807, 2.05) is 25.1 Å². The minimum Gasteiger partial charge on any atom is -0.491 e. The van der Waals surface area contributed by atoms with Crippen LogP contribution >= 0.6 is 11.6 Å². The molecule has 110 valence electrons. The number of halogens is 1. The van der Waals surface area contributed by atoms with E-state index in [0.717, 1.165) is 28.5 Å². The van der Waals surface area contributed by atoms with E-state index in [9.17, 15) is 0 Å². The lowest BCUT2D eigenvalue weighted by atomic mass is 10.1. The third-order valence-electron chi connectivity index (χ3n) is 3.63. The first-order chi connectivity index (χ1) is 10.1. The van der Waals surface area contributed by atoms with Crippen LogP contribution in [0.1, 0.15) is 42.8 Å². The molecule has 0 fully saturated rings. The molecule has 0 aliphatic carbocycles. The lowest BCUT2D eigenvalue weighted by Gasteiger charge is -2.16. The lowest BCUT2D eigenvalue weighted by molar-refractivity contribution is 0.339. The van der Waals surface area contributed by atoms with Crippen molar-refractivity contribution in [2.24, 2.45) is 0 Å². The van der Waals surface area contributed by atoms with Crippen molar-refractivity contribution in [2.45, 2.75) is 32.7 Å². The highest BCUT2D eigenvalue weighted by Gasteiger charge is 2.25. The van der Waals surface area contributed by atoms with Gasteiger partial charge in [-0.2, -0.15) is 0 Å². The number of ether oxygens (including phenoxy) is 1. The maximum Gasteiger partial charge on any atom is 0.137 e. The number of rotatable bonds is 3. The summed E-state index contributed by atoms with van der Waals surface area (Å²) < 4.78 is 5.69. The van der Waals surface area contributed by atoms with Gasteiger partial charge in [0.15, 0.2) is 0 Å². The topological polar surface area (TPSA) is 47.0 Å². The van der Waals surface area contributed by atoms with Crippen molar-refractivity contribution in [1.29, 1.82) is 0 Å². The van der Waals surface area contributed by atoms with Gasteiger partial charge in [0, 0.05) is 17.0 Å². The predicted octanol–water partition coefficient (Wildman–Crippen LogP) is 4.11. The molecule has 5 heteroatoms. The summed E-state index contributed by atoms with van der Waals surface area (Å²) in [6.45, 7) is 6.63.